The maximum Gasteiger partial charge on any atom is 0.309 e. The van der Waals surface area contributed by atoms with E-state index in [-0.39, 0.29) is 33.5 Å². The van der Waals surface area contributed by atoms with Crippen LogP contribution in [0.4, 0.5) is 0 Å². The average molecular weight is 427 g/mol. The number of thioether (sulfide) groups is 2. The first-order valence-corrected chi connectivity index (χ1v) is 12.8. The molecule has 0 aromatic heterocycles. The van der Waals surface area contributed by atoms with Crippen molar-refractivity contribution in [3.8, 4) is 0 Å². The highest BCUT2D eigenvalue weighted by molar-refractivity contribution is 8.21. The number of methoxy groups -OCH3 is 1. The molecule has 1 saturated heterocycles. The maximum absolute atomic E-state index is 13.0. The van der Waals surface area contributed by atoms with Crippen molar-refractivity contribution in [2.45, 2.75) is 69.5 Å². The number of esters is 2. The molecule has 3 aliphatic carbocycles. The number of fused-ring (bicyclic) bond motifs is 3. The van der Waals surface area contributed by atoms with Gasteiger partial charge in [-0.1, -0.05) is 6.92 Å². The lowest BCUT2D eigenvalue weighted by Crippen LogP contribution is -2.53. The summed E-state index contributed by atoms with van der Waals surface area (Å²) in [6, 6.07) is 0. The summed E-state index contributed by atoms with van der Waals surface area (Å²) in [6.07, 6.45) is 6.55. The minimum Gasteiger partial charge on any atom is -0.469 e. The second-order valence-electron chi connectivity index (χ2n) is 9.60. The van der Waals surface area contributed by atoms with Crippen molar-refractivity contribution in [2.24, 2.45) is 35.0 Å². The van der Waals surface area contributed by atoms with E-state index in [0.29, 0.717) is 23.7 Å². The van der Waals surface area contributed by atoms with Crippen LogP contribution in [0.25, 0.3) is 0 Å². The standard InChI is InChI=1S/C22H34O4S2/c1-13(23)26-18-8-7-16-14-5-6-17(22(3)27-11-12-28-22)19(20(24)25-4)15(14)9-10-21(16,18)2/h14-19H,5-12H2,1-4H3/t14-,15+,16+,17-,18+,19-,21+/m1/s1. The van der Waals surface area contributed by atoms with Crippen molar-refractivity contribution in [1.29, 1.82) is 0 Å². The molecule has 0 radical (unpaired) electrons. The van der Waals surface area contributed by atoms with Crippen molar-refractivity contribution < 1.29 is 19.1 Å². The summed E-state index contributed by atoms with van der Waals surface area (Å²) in [7, 11) is 1.56. The molecule has 0 unspecified atom stereocenters. The van der Waals surface area contributed by atoms with Crippen molar-refractivity contribution in [3.05, 3.63) is 0 Å². The quantitative estimate of drug-likeness (QED) is 0.607. The molecule has 28 heavy (non-hydrogen) atoms. The van der Waals surface area contributed by atoms with Gasteiger partial charge < -0.3 is 9.47 Å². The Morgan fingerprint density at radius 2 is 1.61 bits per heavy atom. The van der Waals surface area contributed by atoms with Crippen molar-refractivity contribution in [2.75, 3.05) is 18.6 Å². The van der Waals surface area contributed by atoms with E-state index in [9.17, 15) is 9.59 Å². The lowest BCUT2D eigenvalue weighted by atomic mass is 9.52. The Morgan fingerprint density at radius 3 is 2.25 bits per heavy atom. The van der Waals surface area contributed by atoms with Gasteiger partial charge in [0.2, 0.25) is 0 Å². The molecule has 0 N–H and O–H groups in total. The van der Waals surface area contributed by atoms with Crippen molar-refractivity contribution in [1.82, 2.24) is 0 Å². The molecule has 0 amide bonds. The number of hydrogen-bond acceptors (Lipinski definition) is 6. The van der Waals surface area contributed by atoms with Gasteiger partial charge in [-0.05, 0) is 69.1 Å². The van der Waals surface area contributed by atoms with Crippen LogP contribution < -0.4 is 0 Å². The fourth-order valence-electron chi connectivity index (χ4n) is 7.18. The molecule has 1 aliphatic heterocycles. The third-order valence-corrected chi connectivity index (χ3v) is 12.0. The zero-order valence-corrected chi connectivity index (χ0v) is 19.2. The van der Waals surface area contributed by atoms with E-state index in [1.54, 1.807) is 7.11 Å². The molecule has 4 rings (SSSR count). The first-order valence-electron chi connectivity index (χ1n) is 10.8. The van der Waals surface area contributed by atoms with Crippen LogP contribution in [0.15, 0.2) is 0 Å². The largest absolute Gasteiger partial charge is 0.469 e. The van der Waals surface area contributed by atoms with Gasteiger partial charge in [0.25, 0.3) is 0 Å². The van der Waals surface area contributed by atoms with Crippen LogP contribution in [0.1, 0.15) is 59.3 Å². The number of rotatable bonds is 3. The van der Waals surface area contributed by atoms with Crippen LogP contribution in [-0.2, 0) is 19.1 Å². The molecular weight excluding hydrogens is 392 g/mol. The minimum absolute atomic E-state index is 0.00663. The summed E-state index contributed by atoms with van der Waals surface area (Å²) in [5.74, 6) is 4.16. The molecule has 7 atom stereocenters. The second kappa shape index (κ2) is 7.72. The molecule has 0 spiro atoms. The molecule has 3 saturated carbocycles. The molecule has 0 aromatic carbocycles. The smallest absolute Gasteiger partial charge is 0.309 e. The lowest BCUT2D eigenvalue weighted by Gasteiger charge is -2.55. The Labute approximate surface area is 177 Å². The average Bonchev–Trinajstić information content (AvgIpc) is 3.24. The van der Waals surface area contributed by atoms with Gasteiger partial charge in [-0.15, -0.1) is 23.5 Å². The molecular formula is C22H34O4S2. The molecule has 6 heteroatoms. The van der Waals surface area contributed by atoms with Crippen molar-refractivity contribution in [3.63, 3.8) is 0 Å². The van der Waals surface area contributed by atoms with Gasteiger partial charge in [0.05, 0.1) is 17.1 Å². The van der Waals surface area contributed by atoms with E-state index in [2.05, 4.69) is 13.8 Å². The topological polar surface area (TPSA) is 52.6 Å². The van der Waals surface area contributed by atoms with Gasteiger partial charge >= 0.3 is 11.9 Å². The molecule has 4 aliphatic rings. The highest BCUT2D eigenvalue weighted by Crippen LogP contribution is 2.64. The first-order chi connectivity index (χ1) is 13.3. The molecule has 4 nitrogen and oxygen atoms in total. The normalized spacial score (nSPS) is 44.4. The lowest BCUT2D eigenvalue weighted by molar-refractivity contribution is -0.163. The van der Waals surface area contributed by atoms with E-state index in [1.165, 1.54) is 24.9 Å². The second-order valence-corrected chi connectivity index (χ2v) is 12.9. The summed E-state index contributed by atoms with van der Waals surface area (Å²) < 4.78 is 11.2. The monoisotopic (exact) mass is 426 g/mol. The third-order valence-electron chi connectivity index (χ3n) is 8.43. The highest BCUT2D eigenvalue weighted by atomic mass is 32.2. The summed E-state index contributed by atoms with van der Waals surface area (Å²) in [5, 5.41) is 0. The van der Waals surface area contributed by atoms with E-state index < -0.39 is 0 Å². The highest BCUT2D eigenvalue weighted by Gasteiger charge is 2.61. The number of hydrogen-bond donors (Lipinski definition) is 0. The van der Waals surface area contributed by atoms with Crippen LogP contribution in [0.3, 0.4) is 0 Å². The van der Waals surface area contributed by atoms with E-state index in [1.807, 2.05) is 23.5 Å². The Kier molecular flexibility index (Phi) is 5.76. The van der Waals surface area contributed by atoms with Crippen LogP contribution in [0, 0.1) is 35.0 Å². The molecule has 1 heterocycles. The minimum atomic E-state index is -0.159. The van der Waals surface area contributed by atoms with Crippen molar-refractivity contribution >= 4 is 35.5 Å². The van der Waals surface area contributed by atoms with Gasteiger partial charge in [-0.25, -0.2) is 0 Å². The van der Waals surface area contributed by atoms with E-state index in [0.717, 1.165) is 32.1 Å². The summed E-state index contributed by atoms with van der Waals surface area (Å²) >= 11 is 4.09. The molecule has 4 fully saturated rings. The van der Waals surface area contributed by atoms with Crippen LogP contribution >= 0.6 is 23.5 Å². The fraction of sp³-hybridized carbons (Fsp3) is 0.909. The van der Waals surface area contributed by atoms with Gasteiger partial charge in [0.15, 0.2) is 0 Å². The zero-order valence-electron chi connectivity index (χ0n) is 17.6. The number of ether oxygens (including phenoxy) is 2. The van der Waals surface area contributed by atoms with Gasteiger partial charge in [0, 0.05) is 23.8 Å². The summed E-state index contributed by atoms with van der Waals surface area (Å²) in [4.78, 5) is 24.6. The van der Waals surface area contributed by atoms with E-state index in [4.69, 9.17) is 9.47 Å². The maximum atomic E-state index is 13.0. The predicted molar refractivity (Wildman–Crippen MR) is 114 cm³/mol. The van der Waals surface area contributed by atoms with Gasteiger partial charge in [0.1, 0.15) is 6.10 Å². The number of carbonyl (C=O) groups is 2. The van der Waals surface area contributed by atoms with Crippen LogP contribution in [-0.4, -0.2) is 40.7 Å². The Bertz CT molecular complexity index is 632. The first kappa shape index (κ1) is 20.9. The van der Waals surface area contributed by atoms with E-state index >= 15 is 0 Å². The molecule has 158 valence electrons. The Hall–Kier alpha value is -0.360. The Morgan fingerprint density at radius 1 is 0.929 bits per heavy atom. The van der Waals surface area contributed by atoms with Gasteiger partial charge in [-0.3, -0.25) is 9.59 Å². The number of carbonyl (C=O) groups excluding carboxylic acids is 2. The summed E-state index contributed by atoms with van der Waals surface area (Å²) in [6.45, 7) is 6.21. The van der Waals surface area contributed by atoms with Gasteiger partial charge in [-0.2, -0.15) is 0 Å². The molecule has 0 aromatic rings. The van der Waals surface area contributed by atoms with Crippen LogP contribution in [0.5, 0.6) is 0 Å². The summed E-state index contributed by atoms with van der Waals surface area (Å²) in [5.41, 5.74) is 0.0705. The van der Waals surface area contributed by atoms with Crippen LogP contribution in [0.2, 0.25) is 0 Å². The SMILES string of the molecule is COC(=O)[C@@H]1[C@H]2CC[C@]3(C)[C@@H](OC(C)=O)CC[C@H]3[C@@H]2CC[C@H]1C1(C)SCCS1. The predicted octanol–water partition coefficient (Wildman–Crippen LogP) is 4.76. The fourth-order valence-corrected chi connectivity index (χ4v) is 10.4. The zero-order chi connectivity index (χ0) is 20.1. The Balaban J connectivity index is 1.60. The molecule has 0 bridgehead atoms. The third kappa shape index (κ3) is 3.30.